The Bertz CT molecular complexity index is 472. The van der Waals surface area contributed by atoms with Gasteiger partial charge in [-0.2, -0.15) is 0 Å². The third-order valence-corrected chi connectivity index (χ3v) is 4.27. The first kappa shape index (κ1) is 10.5. The smallest absolute Gasteiger partial charge is 0.171 e. The van der Waals surface area contributed by atoms with Gasteiger partial charge >= 0.3 is 0 Å². The summed E-state index contributed by atoms with van der Waals surface area (Å²) in [5, 5.41) is 2.41. The van der Waals surface area contributed by atoms with Crippen molar-refractivity contribution in [1.29, 1.82) is 0 Å². The van der Waals surface area contributed by atoms with E-state index in [1.54, 1.807) is 17.5 Å². The normalized spacial score (nSPS) is 10.5. The Kier molecular flexibility index (Phi) is 3.21. The van der Waals surface area contributed by atoms with Crippen LogP contribution in [0.25, 0.3) is 10.7 Å². The molecule has 72 valence electrons. The fourth-order valence-corrected chi connectivity index (χ4v) is 2.58. The lowest BCUT2D eigenvalue weighted by Gasteiger charge is -1.97. The molecule has 0 spiro atoms. The second-order valence-corrected chi connectivity index (χ2v) is 5.50. The number of hydrogen-bond donors (Lipinski definition) is 0. The zero-order valence-electron chi connectivity index (χ0n) is 6.67. The molecule has 0 saturated heterocycles. The Morgan fingerprint density at radius 1 is 1.36 bits per heavy atom. The van der Waals surface area contributed by atoms with Gasteiger partial charge in [0.2, 0.25) is 0 Å². The van der Waals surface area contributed by atoms with Crippen molar-refractivity contribution in [2.45, 2.75) is 0 Å². The Hall–Kier alpha value is 0.0300. The maximum Gasteiger partial charge on any atom is 0.171 e. The predicted octanol–water partition coefficient (Wildman–Crippen LogP) is 4.38. The van der Waals surface area contributed by atoms with Crippen molar-refractivity contribution in [3.8, 4) is 10.7 Å². The van der Waals surface area contributed by atoms with Gasteiger partial charge in [-0.25, -0.2) is 9.97 Å². The first-order valence-corrected chi connectivity index (χ1v) is 6.43. The molecule has 0 aliphatic heterocycles. The van der Waals surface area contributed by atoms with Gasteiger partial charge in [0.05, 0.1) is 9.35 Å². The van der Waals surface area contributed by atoms with E-state index in [1.807, 2.05) is 11.4 Å². The van der Waals surface area contributed by atoms with Crippen LogP contribution in [0.2, 0.25) is 5.15 Å². The van der Waals surface area contributed by atoms with Crippen LogP contribution in [0.4, 0.5) is 0 Å². The summed E-state index contributed by atoms with van der Waals surface area (Å²) in [6, 6.07) is 1.96. The lowest BCUT2D eigenvalue weighted by atomic mass is 10.4. The van der Waals surface area contributed by atoms with Crippen molar-refractivity contribution in [2.24, 2.45) is 0 Å². The summed E-state index contributed by atoms with van der Waals surface area (Å²) in [4.78, 5) is 9.32. The van der Waals surface area contributed by atoms with Crippen LogP contribution in [0.3, 0.4) is 0 Å². The van der Waals surface area contributed by atoms with Crippen LogP contribution in [-0.4, -0.2) is 9.97 Å². The van der Waals surface area contributed by atoms with Gasteiger partial charge in [0.1, 0.15) is 5.15 Å². The van der Waals surface area contributed by atoms with E-state index >= 15 is 0 Å². The number of hydrogen-bond acceptors (Lipinski definition) is 3. The van der Waals surface area contributed by atoms with Crippen LogP contribution < -0.4 is 0 Å². The van der Waals surface area contributed by atoms with E-state index in [0.29, 0.717) is 15.5 Å². The first-order valence-electron chi connectivity index (χ1n) is 3.59. The summed E-state index contributed by atoms with van der Waals surface area (Å²) in [5.41, 5.74) is 0. The van der Waals surface area contributed by atoms with Gasteiger partial charge in [0, 0.05) is 16.0 Å². The van der Waals surface area contributed by atoms with Gasteiger partial charge < -0.3 is 0 Å². The zero-order chi connectivity index (χ0) is 10.1. The molecule has 0 N–H and O–H groups in total. The standard InChI is InChI=1S/C8H3Br2ClN2S/c9-4-1-6(14-3-4)8-12-2-5(10)7(11)13-8/h1-3H. The number of halogens is 3. The molecule has 0 amide bonds. The second-order valence-electron chi connectivity index (χ2n) is 2.46. The summed E-state index contributed by atoms with van der Waals surface area (Å²) in [6.07, 6.45) is 1.65. The van der Waals surface area contributed by atoms with Gasteiger partial charge in [-0.1, -0.05) is 11.6 Å². The van der Waals surface area contributed by atoms with Crippen LogP contribution in [-0.2, 0) is 0 Å². The molecule has 2 rings (SSSR count). The van der Waals surface area contributed by atoms with Crippen molar-refractivity contribution in [2.75, 3.05) is 0 Å². The predicted molar refractivity (Wildman–Crippen MR) is 65.8 cm³/mol. The first-order chi connectivity index (χ1) is 6.66. The number of rotatable bonds is 1. The van der Waals surface area contributed by atoms with E-state index in [1.165, 1.54) is 0 Å². The van der Waals surface area contributed by atoms with E-state index in [4.69, 9.17) is 11.6 Å². The third kappa shape index (κ3) is 2.16. The molecule has 0 aliphatic rings. The summed E-state index contributed by atoms with van der Waals surface area (Å²) < 4.78 is 1.73. The Morgan fingerprint density at radius 3 is 2.71 bits per heavy atom. The molecule has 2 aromatic rings. The minimum Gasteiger partial charge on any atom is -0.235 e. The molecule has 2 nitrogen and oxygen atoms in total. The Balaban J connectivity index is 2.47. The van der Waals surface area contributed by atoms with Gasteiger partial charge in [-0.15, -0.1) is 11.3 Å². The molecule has 0 aliphatic carbocycles. The lowest BCUT2D eigenvalue weighted by molar-refractivity contribution is 1.17. The van der Waals surface area contributed by atoms with E-state index in [0.717, 1.165) is 9.35 Å². The van der Waals surface area contributed by atoms with Crippen molar-refractivity contribution >= 4 is 54.8 Å². The molecule has 2 heterocycles. The molecule has 0 saturated carbocycles. The summed E-state index contributed by atoms with van der Waals surface area (Å²) in [6.45, 7) is 0. The quantitative estimate of drug-likeness (QED) is 0.710. The highest BCUT2D eigenvalue weighted by atomic mass is 79.9. The van der Waals surface area contributed by atoms with E-state index < -0.39 is 0 Å². The molecular weight excluding hydrogens is 351 g/mol. The fourth-order valence-electron chi connectivity index (χ4n) is 0.895. The fraction of sp³-hybridized carbons (Fsp3) is 0. The molecule has 0 bridgehead atoms. The van der Waals surface area contributed by atoms with Gasteiger partial charge in [-0.05, 0) is 37.9 Å². The van der Waals surface area contributed by atoms with Crippen molar-refractivity contribution < 1.29 is 0 Å². The lowest BCUT2D eigenvalue weighted by Crippen LogP contribution is -1.86. The molecule has 14 heavy (non-hydrogen) atoms. The Labute approximate surface area is 107 Å². The van der Waals surface area contributed by atoms with E-state index in [-0.39, 0.29) is 0 Å². The molecule has 0 radical (unpaired) electrons. The highest BCUT2D eigenvalue weighted by molar-refractivity contribution is 9.10. The summed E-state index contributed by atoms with van der Waals surface area (Å²) >= 11 is 14.1. The maximum atomic E-state index is 5.87. The van der Waals surface area contributed by atoms with Crippen molar-refractivity contribution in [3.05, 3.63) is 31.7 Å². The van der Waals surface area contributed by atoms with Crippen LogP contribution in [0, 0.1) is 0 Å². The summed E-state index contributed by atoms with van der Waals surface area (Å²) in [5.74, 6) is 0.647. The minimum atomic E-state index is 0.430. The highest BCUT2D eigenvalue weighted by Crippen LogP contribution is 2.29. The average Bonchev–Trinajstić information content (AvgIpc) is 2.57. The summed E-state index contributed by atoms with van der Waals surface area (Å²) in [7, 11) is 0. The largest absolute Gasteiger partial charge is 0.235 e. The van der Waals surface area contributed by atoms with Crippen LogP contribution in [0.5, 0.6) is 0 Å². The van der Waals surface area contributed by atoms with Crippen molar-refractivity contribution in [1.82, 2.24) is 9.97 Å². The van der Waals surface area contributed by atoms with E-state index in [2.05, 4.69) is 41.8 Å². The van der Waals surface area contributed by atoms with E-state index in [9.17, 15) is 0 Å². The van der Waals surface area contributed by atoms with Crippen molar-refractivity contribution in [3.63, 3.8) is 0 Å². The Morgan fingerprint density at radius 2 is 2.14 bits per heavy atom. The number of nitrogens with zero attached hydrogens (tertiary/aromatic N) is 2. The number of aromatic nitrogens is 2. The molecule has 0 atom stereocenters. The van der Waals surface area contributed by atoms with Crippen LogP contribution in [0.1, 0.15) is 0 Å². The average molecular weight is 354 g/mol. The van der Waals surface area contributed by atoms with Gasteiger partial charge in [0.15, 0.2) is 5.82 Å². The second kappa shape index (κ2) is 4.26. The molecule has 0 unspecified atom stereocenters. The highest BCUT2D eigenvalue weighted by Gasteiger charge is 2.06. The molecular formula is C8H3Br2ClN2S. The molecule has 0 aromatic carbocycles. The molecule has 0 fully saturated rings. The molecule has 2 aromatic heterocycles. The minimum absolute atomic E-state index is 0.430. The van der Waals surface area contributed by atoms with Gasteiger partial charge in [-0.3, -0.25) is 0 Å². The monoisotopic (exact) mass is 352 g/mol. The third-order valence-electron chi connectivity index (χ3n) is 1.49. The zero-order valence-corrected chi connectivity index (χ0v) is 11.4. The van der Waals surface area contributed by atoms with Crippen LogP contribution in [0.15, 0.2) is 26.6 Å². The topological polar surface area (TPSA) is 25.8 Å². The molecule has 6 heteroatoms. The van der Waals surface area contributed by atoms with Crippen LogP contribution >= 0.6 is 54.8 Å². The van der Waals surface area contributed by atoms with Gasteiger partial charge in [0.25, 0.3) is 0 Å². The maximum absolute atomic E-state index is 5.87. The SMILES string of the molecule is Clc1nc(-c2cc(Br)cs2)ncc1Br. The number of thiophene rings is 1.